The summed E-state index contributed by atoms with van der Waals surface area (Å²) < 4.78 is 17.5. The number of methoxy groups -OCH3 is 1. The molecule has 3 rings (SSSR count). The minimum absolute atomic E-state index is 0.234. The van der Waals surface area contributed by atoms with E-state index in [0.717, 1.165) is 22.9 Å². The fourth-order valence-electron chi connectivity index (χ4n) is 3.06. The molecule has 1 heterocycles. The van der Waals surface area contributed by atoms with Gasteiger partial charge in [0, 0.05) is 7.11 Å². The average molecular weight is 506 g/mol. The summed E-state index contributed by atoms with van der Waals surface area (Å²) in [4.78, 5) is 26.3. The molecule has 0 bridgehead atoms. The van der Waals surface area contributed by atoms with E-state index in [1.54, 1.807) is 6.08 Å². The monoisotopic (exact) mass is 505 g/mol. The molecule has 0 unspecified atom stereocenters. The van der Waals surface area contributed by atoms with Crippen molar-refractivity contribution in [1.29, 1.82) is 0 Å². The third kappa shape index (κ3) is 5.90. The zero-order valence-corrected chi connectivity index (χ0v) is 20.0. The lowest BCUT2D eigenvalue weighted by Crippen LogP contribution is -2.31. The van der Waals surface area contributed by atoms with Gasteiger partial charge in [-0.05, 0) is 70.9 Å². The number of imide groups is 1. The smallest absolute Gasteiger partial charge is 0.293 e. The molecule has 2 aromatic rings. The number of aryl methyl sites for hydroxylation is 1. The van der Waals surface area contributed by atoms with E-state index in [1.165, 1.54) is 17.6 Å². The molecule has 6 nitrogen and oxygen atoms in total. The molecule has 0 aliphatic carbocycles. The molecule has 31 heavy (non-hydrogen) atoms. The predicted octanol–water partition coefficient (Wildman–Crippen LogP) is 5.42. The molecule has 1 fully saturated rings. The average Bonchev–Trinajstić information content (AvgIpc) is 2.98. The number of carbonyl (C=O) groups is 2. The summed E-state index contributed by atoms with van der Waals surface area (Å²) >= 11 is 4.48. The summed E-state index contributed by atoms with van der Waals surface area (Å²) in [6, 6.07) is 11.8. The van der Waals surface area contributed by atoms with Crippen LogP contribution in [0.1, 0.15) is 23.6 Å². The first-order valence-electron chi connectivity index (χ1n) is 9.82. The van der Waals surface area contributed by atoms with Crippen LogP contribution in [-0.4, -0.2) is 42.9 Å². The van der Waals surface area contributed by atoms with Crippen molar-refractivity contribution in [3.05, 3.63) is 62.5 Å². The van der Waals surface area contributed by atoms with Crippen molar-refractivity contribution in [2.75, 3.05) is 26.9 Å². The molecular weight excluding hydrogens is 482 g/mol. The van der Waals surface area contributed by atoms with Gasteiger partial charge in [-0.15, -0.1) is 0 Å². The van der Waals surface area contributed by atoms with Gasteiger partial charge in [-0.2, -0.15) is 0 Å². The maximum atomic E-state index is 12.6. The molecule has 1 saturated heterocycles. The molecule has 1 aliphatic rings. The predicted molar refractivity (Wildman–Crippen MR) is 125 cm³/mol. The van der Waals surface area contributed by atoms with Crippen molar-refractivity contribution in [2.24, 2.45) is 0 Å². The highest BCUT2D eigenvalue weighted by Crippen LogP contribution is 2.39. The summed E-state index contributed by atoms with van der Waals surface area (Å²) in [6.07, 6.45) is 1.69. The van der Waals surface area contributed by atoms with Gasteiger partial charge in [-0.3, -0.25) is 14.5 Å². The number of halogens is 1. The number of hydrogen-bond acceptors (Lipinski definition) is 6. The van der Waals surface area contributed by atoms with Crippen LogP contribution in [0.4, 0.5) is 4.79 Å². The van der Waals surface area contributed by atoms with E-state index >= 15 is 0 Å². The number of amides is 2. The number of carbonyl (C=O) groups excluding carboxylic acids is 2. The molecule has 0 aromatic heterocycles. The van der Waals surface area contributed by atoms with E-state index in [2.05, 4.69) is 22.0 Å². The van der Waals surface area contributed by atoms with Gasteiger partial charge < -0.3 is 14.2 Å². The number of benzene rings is 2. The van der Waals surface area contributed by atoms with Crippen LogP contribution < -0.4 is 9.47 Å². The van der Waals surface area contributed by atoms with Crippen molar-refractivity contribution in [3.8, 4) is 11.5 Å². The first kappa shape index (κ1) is 23.4. The summed E-state index contributed by atoms with van der Waals surface area (Å²) in [5.41, 5.74) is 2.96. The lowest BCUT2D eigenvalue weighted by atomic mass is 10.1. The molecule has 0 atom stereocenters. The minimum atomic E-state index is -0.319. The molecule has 0 radical (unpaired) electrons. The lowest BCUT2D eigenvalue weighted by molar-refractivity contribution is -0.123. The number of ether oxygens (including phenoxy) is 3. The van der Waals surface area contributed by atoms with Crippen LogP contribution in [0.2, 0.25) is 0 Å². The fraction of sp³-hybridized carbons (Fsp3) is 0.304. The topological polar surface area (TPSA) is 65.1 Å². The molecule has 2 amide bonds. The Bertz CT molecular complexity index is 1010. The van der Waals surface area contributed by atoms with Crippen LogP contribution in [0.5, 0.6) is 11.5 Å². The highest BCUT2D eigenvalue weighted by molar-refractivity contribution is 9.10. The molecule has 8 heteroatoms. The van der Waals surface area contributed by atoms with Gasteiger partial charge >= 0.3 is 0 Å². The van der Waals surface area contributed by atoms with Crippen LogP contribution in [-0.2, 0) is 16.1 Å². The van der Waals surface area contributed by atoms with Crippen molar-refractivity contribution < 1.29 is 23.8 Å². The molecule has 2 aromatic carbocycles. The number of rotatable bonds is 9. The van der Waals surface area contributed by atoms with Gasteiger partial charge in [0.15, 0.2) is 11.5 Å². The summed E-state index contributed by atoms with van der Waals surface area (Å²) in [5, 5.41) is -0.296. The first-order chi connectivity index (χ1) is 14.9. The van der Waals surface area contributed by atoms with Crippen molar-refractivity contribution in [2.45, 2.75) is 20.5 Å². The molecule has 164 valence electrons. The van der Waals surface area contributed by atoms with Crippen molar-refractivity contribution in [3.63, 3.8) is 0 Å². The van der Waals surface area contributed by atoms with Gasteiger partial charge in [-0.25, -0.2) is 0 Å². The molecular formula is C23H24BrNO5S. The molecule has 0 N–H and O–H groups in total. The number of thioether (sulfide) groups is 1. The van der Waals surface area contributed by atoms with Crippen LogP contribution in [0.25, 0.3) is 6.08 Å². The van der Waals surface area contributed by atoms with E-state index in [9.17, 15) is 9.59 Å². The van der Waals surface area contributed by atoms with Crippen LogP contribution >= 0.6 is 27.7 Å². The SMILES string of the molecule is CCOc1cc(/C=C2/SC(=O)N(CCOC)C2=O)cc(Br)c1OCc1cccc(C)c1. The Kier molecular flexibility index (Phi) is 8.17. The van der Waals surface area contributed by atoms with Gasteiger partial charge in [-0.1, -0.05) is 29.8 Å². The largest absolute Gasteiger partial charge is 0.490 e. The zero-order chi connectivity index (χ0) is 22.4. The standard InChI is InChI=1S/C23H24BrNO5S/c1-4-29-19-12-17(13-20-22(26)25(8-9-28-3)23(27)31-20)11-18(24)21(19)30-14-16-7-5-6-15(2)10-16/h5-7,10-13H,4,8-9,14H2,1-3H3/b20-13+. The van der Waals surface area contributed by atoms with Crippen LogP contribution in [0, 0.1) is 6.92 Å². The maximum Gasteiger partial charge on any atom is 0.293 e. The van der Waals surface area contributed by atoms with E-state index in [4.69, 9.17) is 14.2 Å². The van der Waals surface area contributed by atoms with Gasteiger partial charge in [0.1, 0.15) is 6.61 Å². The zero-order valence-electron chi connectivity index (χ0n) is 17.6. The van der Waals surface area contributed by atoms with Crippen molar-refractivity contribution >= 4 is 44.9 Å². The van der Waals surface area contributed by atoms with Crippen LogP contribution in [0.15, 0.2) is 45.8 Å². The Morgan fingerprint density at radius 2 is 1.97 bits per heavy atom. The highest BCUT2D eigenvalue weighted by atomic mass is 79.9. The molecule has 0 spiro atoms. The fourth-order valence-corrected chi connectivity index (χ4v) is 4.50. The second kappa shape index (κ2) is 10.8. The first-order valence-corrected chi connectivity index (χ1v) is 11.4. The normalized spacial score (nSPS) is 15.1. The molecule has 0 saturated carbocycles. The number of nitrogens with zero attached hydrogens (tertiary/aromatic N) is 1. The maximum absolute atomic E-state index is 12.6. The van der Waals surface area contributed by atoms with E-state index < -0.39 is 0 Å². The van der Waals surface area contributed by atoms with Gasteiger partial charge in [0.25, 0.3) is 11.1 Å². The molecule has 1 aliphatic heterocycles. The summed E-state index contributed by atoms with van der Waals surface area (Å²) in [5.74, 6) is 0.837. The third-order valence-corrected chi connectivity index (χ3v) is 5.98. The summed E-state index contributed by atoms with van der Waals surface area (Å²) in [6.45, 7) is 5.33. The van der Waals surface area contributed by atoms with Crippen molar-refractivity contribution in [1.82, 2.24) is 4.90 Å². The van der Waals surface area contributed by atoms with Gasteiger partial charge in [0.05, 0.1) is 29.1 Å². The van der Waals surface area contributed by atoms with E-state index in [0.29, 0.717) is 40.7 Å². The second-order valence-electron chi connectivity index (χ2n) is 6.87. The van der Waals surface area contributed by atoms with Crippen LogP contribution in [0.3, 0.4) is 0 Å². The third-order valence-electron chi connectivity index (χ3n) is 4.49. The van der Waals surface area contributed by atoms with E-state index in [1.807, 2.05) is 44.2 Å². The minimum Gasteiger partial charge on any atom is -0.490 e. The lowest BCUT2D eigenvalue weighted by Gasteiger charge is -2.15. The van der Waals surface area contributed by atoms with Gasteiger partial charge in [0.2, 0.25) is 0 Å². The Morgan fingerprint density at radius 3 is 2.68 bits per heavy atom. The Balaban J connectivity index is 1.83. The number of hydrogen-bond donors (Lipinski definition) is 0. The summed E-state index contributed by atoms with van der Waals surface area (Å²) in [7, 11) is 1.53. The Labute approximate surface area is 194 Å². The Hall–Kier alpha value is -2.29. The highest BCUT2D eigenvalue weighted by Gasteiger charge is 2.34. The Morgan fingerprint density at radius 1 is 1.16 bits per heavy atom. The van der Waals surface area contributed by atoms with E-state index in [-0.39, 0.29) is 17.7 Å². The quantitative estimate of drug-likeness (QED) is 0.424. The second-order valence-corrected chi connectivity index (χ2v) is 8.71.